The molecule has 0 spiro atoms. The maximum atomic E-state index is 12.5. The first-order valence-corrected chi connectivity index (χ1v) is 7.44. The first kappa shape index (κ1) is 12.8. The Bertz CT molecular complexity index is 596. The molecule has 1 aliphatic carbocycles. The Morgan fingerprint density at radius 1 is 1.28 bits per heavy atom. The highest BCUT2D eigenvalue weighted by molar-refractivity contribution is 7.92. The van der Waals surface area contributed by atoms with Crippen molar-refractivity contribution >= 4 is 9.84 Å². The molecule has 0 bridgehead atoms. The van der Waals surface area contributed by atoms with Gasteiger partial charge in [-0.1, -0.05) is 29.8 Å². The predicted octanol–water partition coefficient (Wildman–Crippen LogP) is 2.71. The van der Waals surface area contributed by atoms with Crippen molar-refractivity contribution in [3.63, 3.8) is 0 Å². The normalized spacial score (nSPS) is 24.1. The zero-order chi connectivity index (χ0) is 13.2. The van der Waals surface area contributed by atoms with Gasteiger partial charge in [0.1, 0.15) is 0 Å². The second-order valence-corrected chi connectivity index (χ2v) is 6.79. The Hall–Kier alpha value is -1.60. The molecule has 0 amide bonds. The summed E-state index contributed by atoms with van der Waals surface area (Å²) in [5.41, 5.74) is 1.05. The molecule has 0 N–H and O–H groups in total. The van der Waals surface area contributed by atoms with Crippen LogP contribution in [0.2, 0.25) is 0 Å². The molecule has 18 heavy (non-hydrogen) atoms. The molecule has 3 nitrogen and oxygen atoms in total. The van der Waals surface area contributed by atoms with Gasteiger partial charge in [0.2, 0.25) is 0 Å². The summed E-state index contributed by atoms with van der Waals surface area (Å²) in [5, 5.41) is 8.50. The van der Waals surface area contributed by atoms with Gasteiger partial charge in [-0.05, 0) is 31.9 Å². The van der Waals surface area contributed by atoms with Crippen LogP contribution in [0.25, 0.3) is 0 Å². The lowest BCUT2D eigenvalue weighted by Crippen LogP contribution is -2.31. The van der Waals surface area contributed by atoms with Crippen molar-refractivity contribution in [3.05, 3.63) is 42.0 Å². The minimum atomic E-state index is -3.42. The standard InChI is InChI=1S/C14H15NO2S/c1-11-7-8-12(10-15)14(9-11)18(16,17)13-5-3-2-4-6-13/h2-7,12,14H,8-9H2,1H3/t12-,14+/m1/s1. The SMILES string of the molecule is CC1=CC[C@H](C#N)[C@@H](S(=O)(=O)c2ccccc2)C1. The average Bonchev–Trinajstić information content (AvgIpc) is 2.39. The van der Waals surface area contributed by atoms with Crippen molar-refractivity contribution in [1.82, 2.24) is 0 Å². The van der Waals surface area contributed by atoms with Gasteiger partial charge in [0.05, 0.1) is 22.1 Å². The van der Waals surface area contributed by atoms with E-state index in [1.807, 2.05) is 13.0 Å². The minimum absolute atomic E-state index is 0.310. The molecule has 0 radical (unpaired) electrons. The Labute approximate surface area is 108 Å². The van der Waals surface area contributed by atoms with Crippen LogP contribution in [0.15, 0.2) is 46.9 Å². The van der Waals surface area contributed by atoms with Crippen LogP contribution in [0.1, 0.15) is 19.8 Å². The Kier molecular flexibility index (Phi) is 3.53. The van der Waals surface area contributed by atoms with Crippen LogP contribution in [-0.2, 0) is 9.84 Å². The molecule has 1 aromatic carbocycles. The molecule has 0 saturated heterocycles. The molecule has 0 heterocycles. The summed E-state index contributed by atoms with van der Waals surface area (Å²) in [5.74, 6) is -0.445. The van der Waals surface area contributed by atoms with Gasteiger partial charge >= 0.3 is 0 Å². The van der Waals surface area contributed by atoms with Crippen LogP contribution in [0.3, 0.4) is 0 Å². The van der Waals surface area contributed by atoms with E-state index in [2.05, 4.69) is 6.07 Å². The maximum Gasteiger partial charge on any atom is 0.182 e. The fourth-order valence-corrected chi connectivity index (χ4v) is 4.24. The predicted molar refractivity (Wildman–Crippen MR) is 69.5 cm³/mol. The van der Waals surface area contributed by atoms with Crippen LogP contribution < -0.4 is 0 Å². The van der Waals surface area contributed by atoms with Gasteiger partial charge in [-0.15, -0.1) is 0 Å². The van der Waals surface area contributed by atoms with Gasteiger partial charge in [0.25, 0.3) is 0 Å². The van der Waals surface area contributed by atoms with Crippen molar-refractivity contribution in [3.8, 4) is 6.07 Å². The first-order chi connectivity index (χ1) is 8.55. The summed E-state index contributed by atoms with van der Waals surface area (Å²) in [6, 6.07) is 10.5. The Balaban J connectivity index is 2.42. The van der Waals surface area contributed by atoms with Crippen LogP contribution in [0.5, 0.6) is 0 Å². The van der Waals surface area contributed by atoms with Gasteiger partial charge in [-0.3, -0.25) is 0 Å². The number of nitriles is 1. The zero-order valence-corrected chi connectivity index (χ0v) is 11.0. The number of hydrogen-bond donors (Lipinski definition) is 0. The first-order valence-electron chi connectivity index (χ1n) is 5.90. The van der Waals surface area contributed by atoms with Gasteiger partial charge < -0.3 is 0 Å². The van der Waals surface area contributed by atoms with E-state index < -0.39 is 21.0 Å². The second-order valence-electron chi connectivity index (χ2n) is 4.62. The molecule has 2 rings (SSSR count). The lowest BCUT2D eigenvalue weighted by molar-refractivity contribution is 0.525. The van der Waals surface area contributed by atoms with E-state index in [-0.39, 0.29) is 0 Å². The summed E-state index contributed by atoms with van der Waals surface area (Å²) in [4.78, 5) is 0.310. The summed E-state index contributed by atoms with van der Waals surface area (Å²) >= 11 is 0. The quantitative estimate of drug-likeness (QED) is 0.769. The molecule has 0 aliphatic heterocycles. The monoisotopic (exact) mass is 261 g/mol. The van der Waals surface area contributed by atoms with Gasteiger partial charge in [0, 0.05) is 0 Å². The van der Waals surface area contributed by atoms with Crippen LogP contribution in [0, 0.1) is 17.2 Å². The van der Waals surface area contributed by atoms with Crippen LogP contribution >= 0.6 is 0 Å². The Morgan fingerprint density at radius 3 is 2.56 bits per heavy atom. The van der Waals surface area contributed by atoms with Crippen LogP contribution in [0.4, 0.5) is 0 Å². The molecule has 0 saturated carbocycles. The molecule has 4 heteroatoms. The van der Waals surface area contributed by atoms with E-state index in [1.165, 1.54) is 0 Å². The van der Waals surface area contributed by atoms with Crippen molar-refractivity contribution in [2.24, 2.45) is 5.92 Å². The molecular formula is C14H15NO2S. The second kappa shape index (κ2) is 4.95. The maximum absolute atomic E-state index is 12.5. The lowest BCUT2D eigenvalue weighted by Gasteiger charge is -2.25. The highest BCUT2D eigenvalue weighted by Crippen LogP contribution is 2.32. The zero-order valence-electron chi connectivity index (χ0n) is 10.2. The fourth-order valence-electron chi connectivity index (χ4n) is 2.27. The fraction of sp³-hybridized carbons (Fsp3) is 0.357. The number of hydrogen-bond acceptors (Lipinski definition) is 3. The largest absolute Gasteiger partial charge is 0.223 e. The van der Waals surface area contributed by atoms with Crippen molar-refractivity contribution in [2.45, 2.75) is 29.9 Å². The van der Waals surface area contributed by atoms with E-state index in [4.69, 9.17) is 5.26 Å². The van der Waals surface area contributed by atoms with Gasteiger partial charge in [-0.2, -0.15) is 5.26 Å². The molecule has 0 unspecified atom stereocenters. The Morgan fingerprint density at radius 2 is 1.94 bits per heavy atom. The number of sulfone groups is 1. The van der Waals surface area contributed by atoms with Crippen molar-refractivity contribution in [2.75, 3.05) is 0 Å². The molecule has 2 atom stereocenters. The third-order valence-electron chi connectivity index (χ3n) is 3.33. The van der Waals surface area contributed by atoms with E-state index in [9.17, 15) is 8.42 Å². The van der Waals surface area contributed by atoms with Gasteiger partial charge in [-0.25, -0.2) is 8.42 Å². The summed E-state index contributed by atoms with van der Waals surface area (Å²) in [7, 11) is -3.42. The molecule has 1 aliphatic rings. The average molecular weight is 261 g/mol. The van der Waals surface area contributed by atoms with Crippen molar-refractivity contribution < 1.29 is 8.42 Å². The van der Waals surface area contributed by atoms with E-state index in [0.29, 0.717) is 17.7 Å². The highest BCUT2D eigenvalue weighted by atomic mass is 32.2. The molecule has 94 valence electrons. The lowest BCUT2D eigenvalue weighted by atomic mass is 9.91. The third kappa shape index (κ3) is 2.32. The topological polar surface area (TPSA) is 57.9 Å². The van der Waals surface area contributed by atoms with E-state index in [0.717, 1.165) is 5.57 Å². The van der Waals surface area contributed by atoms with E-state index >= 15 is 0 Å². The molecule has 1 aromatic rings. The van der Waals surface area contributed by atoms with Crippen LogP contribution in [-0.4, -0.2) is 13.7 Å². The number of nitrogens with zero attached hydrogens (tertiary/aromatic N) is 1. The summed E-state index contributed by atoms with van der Waals surface area (Å²) < 4.78 is 25.0. The van der Waals surface area contributed by atoms with Gasteiger partial charge in [0.15, 0.2) is 9.84 Å². The molecule has 0 aromatic heterocycles. The van der Waals surface area contributed by atoms with E-state index in [1.54, 1.807) is 30.3 Å². The number of rotatable bonds is 2. The summed E-state index contributed by atoms with van der Waals surface area (Å²) in [6.07, 6.45) is 2.94. The highest BCUT2D eigenvalue weighted by Gasteiger charge is 2.36. The smallest absolute Gasteiger partial charge is 0.182 e. The minimum Gasteiger partial charge on any atom is -0.223 e. The molecular weight excluding hydrogens is 246 g/mol. The number of allylic oxidation sites excluding steroid dienone is 2. The molecule has 0 fully saturated rings. The summed E-state index contributed by atoms with van der Waals surface area (Å²) in [6.45, 7) is 1.92. The third-order valence-corrected chi connectivity index (χ3v) is 5.55. The number of benzene rings is 1. The van der Waals surface area contributed by atoms with Crippen molar-refractivity contribution in [1.29, 1.82) is 5.26 Å².